The van der Waals surface area contributed by atoms with E-state index in [1.54, 1.807) is 6.20 Å². The number of benzene rings is 1. The van der Waals surface area contributed by atoms with Crippen LogP contribution in [-0.4, -0.2) is 33.8 Å². The number of sulfonamides is 1. The summed E-state index contributed by atoms with van der Waals surface area (Å²) >= 11 is 0. The van der Waals surface area contributed by atoms with Crippen LogP contribution in [0.25, 0.3) is 0 Å². The molecule has 1 aliphatic carbocycles. The molecule has 0 amide bonds. The molecule has 32 heavy (non-hydrogen) atoms. The van der Waals surface area contributed by atoms with Crippen molar-refractivity contribution in [1.82, 2.24) is 19.7 Å². The van der Waals surface area contributed by atoms with E-state index in [-0.39, 0.29) is 17.5 Å². The van der Waals surface area contributed by atoms with Gasteiger partial charge in [0.05, 0.1) is 0 Å². The SMILES string of the molecule is CCn1nccc1[C@H]1CCC[C@@]1(C)Oc1cc(F)c(S(=O)(=O)Nc2ccncn2)cc1F. The second kappa shape index (κ2) is 8.45. The molecule has 2 heterocycles. The summed E-state index contributed by atoms with van der Waals surface area (Å²) in [6, 6.07) is 4.61. The van der Waals surface area contributed by atoms with Gasteiger partial charge in [-0.05, 0) is 45.2 Å². The summed E-state index contributed by atoms with van der Waals surface area (Å²) in [6.07, 6.45) is 6.49. The summed E-state index contributed by atoms with van der Waals surface area (Å²) in [5.74, 6) is -2.55. The average Bonchev–Trinajstić information content (AvgIpc) is 3.36. The van der Waals surface area contributed by atoms with Gasteiger partial charge in [-0.2, -0.15) is 5.10 Å². The maximum Gasteiger partial charge on any atom is 0.266 e. The van der Waals surface area contributed by atoms with E-state index < -0.39 is 32.2 Å². The largest absolute Gasteiger partial charge is 0.484 e. The Bertz CT molecular complexity index is 1220. The van der Waals surface area contributed by atoms with Crippen molar-refractivity contribution in [3.8, 4) is 5.75 Å². The van der Waals surface area contributed by atoms with Crippen LogP contribution in [0, 0.1) is 11.6 Å². The average molecular weight is 464 g/mol. The van der Waals surface area contributed by atoms with Crippen LogP contribution in [0.15, 0.2) is 47.9 Å². The number of nitrogens with one attached hydrogen (secondary N) is 1. The Labute approximate surface area is 184 Å². The monoisotopic (exact) mass is 463 g/mol. The Balaban J connectivity index is 1.62. The van der Waals surface area contributed by atoms with E-state index in [2.05, 4.69) is 19.8 Å². The van der Waals surface area contributed by atoms with Crippen molar-refractivity contribution in [3.63, 3.8) is 0 Å². The highest BCUT2D eigenvalue weighted by molar-refractivity contribution is 7.92. The molecule has 1 N–H and O–H groups in total. The summed E-state index contributed by atoms with van der Waals surface area (Å²) in [5.41, 5.74) is 0.182. The van der Waals surface area contributed by atoms with Gasteiger partial charge < -0.3 is 4.74 Å². The topological polar surface area (TPSA) is 99.0 Å². The van der Waals surface area contributed by atoms with Gasteiger partial charge in [0, 0.05) is 42.7 Å². The van der Waals surface area contributed by atoms with Gasteiger partial charge in [0.1, 0.15) is 28.5 Å². The first-order chi connectivity index (χ1) is 15.2. The minimum Gasteiger partial charge on any atom is -0.484 e. The quantitative estimate of drug-likeness (QED) is 0.571. The van der Waals surface area contributed by atoms with Crippen LogP contribution in [0.4, 0.5) is 14.6 Å². The van der Waals surface area contributed by atoms with Gasteiger partial charge in [-0.3, -0.25) is 9.40 Å². The van der Waals surface area contributed by atoms with Gasteiger partial charge in [0.25, 0.3) is 10.0 Å². The fourth-order valence-corrected chi connectivity index (χ4v) is 5.29. The number of halogens is 2. The van der Waals surface area contributed by atoms with Crippen molar-refractivity contribution in [2.24, 2.45) is 0 Å². The van der Waals surface area contributed by atoms with Crippen LogP contribution in [0.1, 0.15) is 44.7 Å². The van der Waals surface area contributed by atoms with Crippen LogP contribution < -0.4 is 9.46 Å². The molecule has 8 nitrogen and oxygen atoms in total. The lowest BCUT2D eigenvalue weighted by molar-refractivity contribution is 0.0696. The molecular formula is C21H23F2N5O3S. The molecule has 0 saturated heterocycles. The first-order valence-corrected chi connectivity index (χ1v) is 11.7. The summed E-state index contributed by atoms with van der Waals surface area (Å²) in [5, 5.41) is 4.30. The number of aromatic nitrogens is 4. The van der Waals surface area contributed by atoms with Gasteiger partial charge in [-0.15, -0.1) is 0 Å². The highest BCUT2D eigenvalue weighted by atomic mass is 32.2. The number of nitrogens with zero attached hydrogens (tertiary/aromatic N) is 4. The normalized spacial score (nSPS) is 20.9. The zero-order valence-electron chi connectivity index (χ0n) is 17.6. The zero-order valence-corrected chi connectivity index (χ0v) is 18.4. The molecule has 170 valence electrons. The Morgan fingerprint density at radius 2 is 2.06 bits per heavy atom. The molecule has 0 unspecified atom stereocenters. The van der Waals surface area contributed by atoms with E-state index >= 15 is 0 Å². The third-order valence-electron chi connectivity index (χ3n) is 5.75. The van der Waals surface area contributed by atoms with E-state index in [1.807, 2.05) is 24.6 Å². The smallest absolute Gasteiger partial charge is 0.266 e. The van der Waals surface area contributed by atoms with Crippen LogP contribution >= 0.6 is 0 Å². The van der Waals surface area contributed by atoms with Crippen molar-refractivity contribution in [2.75, 3.05) is 4.72 Å². The van der Waals surface area contributed by atoms with E-state index in [1.165, 1.54) is 12.3 Å². The lowest BCUT2D eigenvalue weighted by atomic mass is 9.89. The summed E-state index contributed by atoms with van der Waals surface area (Å²) in [7, 11) is -4.40. The van der Waals surface area contributed by atoms with Gasteiger partial charge in [0.2, 0.25) is 0 Å². The molecule has 2 atom stereocenters. The first-order valence-electron chi connectivity index (χ1n) is 10.2. The third-order valence-corrected chi connectivity index (χ3v) is 7.12. The van der Waals surface area contributed by atoms with Gasteiger partial charge in [-0.1, -0.05) is 0 Å². The standard InChI is InChI=1S/C21H23F2N5O3S/c1-3-28-17(6-10-26-28)14-5-4-8-21(14,2)31-18-11-16(23)19(12-15(18)22)32(29,30)27-20-7-9-24-13-25-20/h6-7,9-14H,3-5,8H2,1-2H3,(H,24,25,27)/t14-,21-/m1/s1. The highest BCUT2D eigenvalue weighted by Gasteiger charge is 2.44. The summed E-state index contributed by atoms with van der Waals surface area (Å²) in [6.45, 7) is 4.52. The number of hydrogen-bond acceptors (Lipinski definition) is 6. The van der Waals surface area contributed by atoms with E-state index in [0.29, 0.717) is 19.0 Å². The molecule has 0 radical (unpaired) electrons. The van der Waals surface area contributed by atoms with Crippen molar-refractivity contribution >= 4 is 15.8 Å². The predicted octanol–water partition coefficient (Wildman–Crippen LogP) is 3.88. The first kappa shape index (κ1) is 22.1. The minimum atomic E-state index is -4.40. The van der Waals surface area contributed by atoms with Crippen molar-refractivity contribution in [3.05, 3.63) is 60.3 Å². The Hall–Kier alpha value is -3.08. The van der Waals surface area contributed by atoms with E-state index in [9.17, 15) is 17.2 Å². The maximum absolute atomic E-state index is 14.9. The molecule has 0 bridgehead atoms. The van der Waals surface area contributed by atoms with Crippen molar-refractivity contribution in [1.29, 1.82) is 0 Å². The second-order valence-electron chi connectivity index (χ2n) is 7.84. The molecule has 3 aromatic rings. The molecular weight excluding hydrogens is 440 g/mol. The third kappa shape index (κ3) is 4.16. The lowest BCUT2D eigenvalue weighted by Gasteiger charge is -2.33. The van der Waals surface area contributed by atoms with Crippen molar-refractivity contribution < 1.29 is 21.9 Å². The van der Waals surface area contributed by atoms with Crippen LogP contribution in [-0.2, 0) is 16.6 Å². The number of ether oxygens (including phenoxy) is 1. The van der Waals surface area contributed by atoms with Crippen LogP contribution in [0.2, 0.25) is 0 Å². The molecule has 4 rings (SSSR count). The highest BCUT2D eigenvalue weighted by Crippen LogP contribution is 2.46. The molecule has 11 heteroatoms. The molecule has 1 saturated carbocycles. The molecule has 1 aliphatic rings. The molecule has 0 spiro atoms. The van der Waals surface area contributed by atoms with Gasteiger partial charge in [-0.25, -0.2) is 27.2 Å². The Morgan fingerprint density at radius 1 is 1.25 bits per heavy atom. The fourth-order valence-electron chi connectivity index (χ4n) is 4.21. The number of aryl methyl sites for hydroxylation is 1. The summed E-state index contributed by atoms with van der Waals surface area (Å²) < 4.78 is 64.8. The fraction of sp³-hybridized carbons (Fsp3) is 0.381. The Kier molecular flexibility index (Phi) is 5.85. The Morgan fingerprint density at radius 3 is 2.78 bits per heavy atom. The zero-order chi connectivity index (χ0) is 22.9. The van der Waals surface area contributed by atoms with Crippen molar-refractivity contribution in [2.45, 2.75) is 56.1 Å². The number of rotatable bonds is 7. The van der Waals surface area contributed by atoms with Crippen LogP contribution in [0.5, 0.6) is 5.75 Å². The predicted molar refractivity (Wildman–Crippen MR) is 113 cm³/mol. The van der Waals surface area contributed by atoms with E-state index in [4.69, 9.17) is 4.74 Å². The second-order valence-corrected chi connectivity index (χ2v) is 9.50. The molecule has 1 fully saturated rings. The molecule has 2 aromatic heterocycles. The van der Waals surface area contributed by atoms with Gasteiger partial charge >= 0.3 is 0 Å². The number of hydrogen-bond donors (Lipinski definition) is 1. The molecule has 1 aromatic carbocycles. The maximum atomic E-state index is 14.9. The van der Waals surface area contributed by atoms with Gasteiger partial charge in [0.15, 0.2) is 11.6 Å². The van der Waals surface area contributed by atoms with E-state index in [0.717, 1.165) is 30.9 Å². The summed E-state index contributed by atoms with van der Waals surface area (Å²) in [4.78, 5) is 6.58. The lowest BCUT2D eigenvalue weighted by Crippen LogP contribution is -2.36. The van der Waals surface area contributed by atoms with Crippen LogP contribution in [0.3, 0.4) is 0 Å². The molecule has 0 aliphatic heterocycles. The minimum absolute atomic E-state index is 0.0600. The number of anilines is 1.